The first-order valence-electron chi connectivity index (χ1n) is 8.79. The Bertz CT molecular complexity index is 1230. The fourth-order valence-corrected chi connectivity index (χ4v) is 3.58. The van der Waals surface area contributed by atoms with Crippen LogP contribution in [0.15, 0.2) is 72.8 Å². The van der Waals surface area contributed by atoms with Crippen molar-refractivity contribution in [1.29, 1.82) is 5.41 Å². The molecule has 4 nitrogen and oxygen atoms in total. The van der Waals surface area contributed by atoms with Crippen LogP contribution in [0.3, 0.4) is 0 Å². The zero-order chi connectivity index (χ0) is 19.7. The minimum Gasteiger partial charge on any atom is -0.306 e. The predicted molar refractivity (Wildman–Crippen MR) is 112 cm³/mol. The van der Waals surface area contributed by atoms with E-state index in [1.54, 1.807) is 22.8 Å². The molecule has 0 unspecified atom stereocenters. The molecule has 0 amide bonds. The Morgan fingerprint density at radius 2 is 1.46 bits per heavy atom. The number of rotatable bonds is 5. The van der Waals surface area contributed by atoms with Crippen molar-refractivity contribution in [3.8, 4) is 0 Å². The maximum Gasteiger partial charge on any atom is 0.203 e. The second-order valence-electron chi connectivity index (χ2n) is 6.52. The van der Waals surface area contributed by atoms with Gasteiger partial charge in [-0.1, -0.05) is 65.7 Å². The number of aromatic nitrogens is 2. The van der Waals surface area contributed by atoms with Crippen molar-refractivity contribution in [2.75, 3.05) is 0 Å². The summed E-state index contributed by atoms with van der Waals surface area (Å²) in [5.41, 5.74) is 3.61. The number of hydrogen-bond donors (Lipinski definition) is 1. The summed E-state index contributed by atoms with van der Waals surface area (Å²) in [5, 5.41) is 9.43. The van der Waals surface area contributed by atoms with Gasteiger partial charge in [0.25, 0.3) is 0 Å². The highest BCUT2D eigenvalue weighted by Crippen LogP contribution is 2.23. The third-order valence-electron chi connectivity index (χ3n) is 4.70. The van der Waals surface area contributed by atoms with E-state index >= 15 is 0 Å². The van der Waals surface area contributed by atoms with Gasteiger partial charge in [-0.05, 0) is 35.9 Å². The minimum absolute atomic E-state index is 0.0547. The quantitative estimate of drug-likeness (QED) is 0.454. The van der Waals surface area contributed by atoms with Crippen molar-refractivity contribution in [3.63, 3.8) is 0 Å². The second-order valence-corrected chi connectivity index (χ2v) is 7.34. The van der Waals surface area contributed by atoms with Crippen molar-refractivity contribution < 1.29 is 4.79 Å². The number of hydrogen-bond acceptors (Lipinski definition) is 2. The van der Waals surface area contributed by atoms with E-state index in [2.05, 4.69) is 0 Å². The molecule has 6 heteroatoms. The van der Waals surface area contributed by atoms with Crippen molar-refractivity contribution in [2.24, 2.45) is 0 Å². The number of nitrogens with zero attached hydrogens (tertiary/aromatic N) is 2. The van der Waals surface area contributed by atoms with Gasteiger partial charge in [0.2, 0.25) is 5.62 Å². The summed E-state index contributed by atoms with van der Waals surface area (Å²) in [4.78, 5) is 12.8. The summed E-state index contributed by atoms with van der Waals surface area (Å²) >= 11 is 12.0. The van der Waals surface area contributed by atoms with Crippen LogP contribution in [0.2, 0.25) is 10.0 Å². The van der Waals surface area contributed by atoms with Crippen molar-refractivity contribution in [2.45, 2.75) is 13.1 Å². The molecule has 0 spiro atoms. The molecule has 4 rings (SSSR count). The number of Topliss-reactive ketones (excluding diaryl/α,β-unsaturated/α-hetero) is 1. The largest absolute Gasteiger partial charge is 0.306 e. The van der Waals surface area contributed by atoms with E-state index in [-0.39, 0.29) is 17.9 Å². The highest BCUT2D eigenvalue weighted by Gasteiger charge is 2.15. The zero-order valence-electron chi connectivity index (χ0n) is 14.9. The van der Waals surface area contributed by atoms with Gasteiger partial charge < -0.3 is 9.13 Å². The molecule has 140 valence electrons. The molecule has 1 heterocycles. The first kappa shape index (κ1) is 18.5. The molecule has 0 fully saturated rings. The van der Waals surface area contributed by atoms with Crippen molar-refractivity contribution >= 4 is 40.0 Å². The number of carbonyl (C=O) groups is 1. The molecule has 4 aromatic rings. The van der Waals surface area contributed by atoms with E-state index in [1.165, 1.54) is 0 Å². The lowest BCUT2D eigenvalue weighted by Crippen LogP contribution is -2.27. The molecule has 0 saturated carbocycles. The molecule has 0 aliphatic heterocycles. The van der Waals surface area contributed by atoms with E-state index < -0.39 is 0 Å². The fourth-order valence-electron chi connectivity index (χ4n) is 3.29. The molecular weight excluding hydrogens is 393 g/mol. The average Bonchev–Trinajstić information content (AvgIpc) is 2.97. The number of fused-ring (bicyclic) bond motifs is 1. The monoisotopic (exact) mass is 409 g/mol. The van der Waals surface area contributed by atoms with Crippen LogP contribution in [-0.4, -0.2) is 14.9 Å². The molecule has 3 aromatic carbocycles. The number of benzene rings is 3. The van der Waals surface area contributed by atoms with Crippen LogP contribution in [0.25, 0.3) is 11.0 Å². The summed E-state index contributed by atoms with van der Waals surface area (Å²) in [7, 11) is 0. The van der Waals surface area contributed by atoms with Gasteiger partial charge in [-0.3, -0.25) is 10.2 Å². The summed E-state index contributed by atoms with van der Waals surface area (Å²) in [6.45, 7) is 0.618. The summed E-state index contributed by atoms with van der Waals surface area (Å²) in [5.74, 6) is -0.125. The number of nitrogens with one attached hydrogen (secondary N) is 1. The molecule has 28 heavy (non-hydrogen) atoms. The van der Waals surface area contributed by atoms with E-state index in [9.17, 15) is 4.79 Å². The van der Waals surface area contributed by atoms with Crippen LogP contribution >= 0.6 is 23.2 Å². The van der Waals surface area contributed by atoms with E-state index in [0.29, 0.717) is 22.2 Å². The second kappa shape index (κ2) is 7.66. The predicted octanol–water partition coefficient (Wildman–Crippen LogP) is 5.16. The van der Waals surface area contributed by atoms with Gasteiger partial charge in [-0.2, -0.15) is 0 Å². The topological polar surface area (TPSA) is 50.8 Å². The smallest absolute Gasteiger partial charge is 0.203 e. The van der Waals surface area contributed by atoms with Gasteiger partial charge in [0.15, 0.2) is 5.78 Å². The van der Waals surface area contributed by atoms with Gasteiger partial charge >= 0.3 is 0 Å². The van der Waals surface area contributed by atoms with E-state index in [1.807, 2.05) is 59.2 Å². The SMILES string of the molecule is N=c1n(CC(=O)c2ccc(Cl)c(Cl)c2)c2ccccc2n1Cc1ccccc1. The molecule has 0 radical (unpaired) electrons. The molecule has 0 atom stereocenters. The summed E-state index contributed by atoms with van der Waals surface area (Å²) in [6.07, 6.45) is 0. The average molecular weight is 410 g/mol. The Kier molecular flexibility index (Phi) is 5.07. The van der Waals surface area contributed by atoms with Crippen molar-refractivity contribution in [1.82, 2.24) is 9.13 Å². The maximum atomic E-state index is 12.8. The van der Waals surface area contributed by atoms with Crippen LogP contribution in [0, 0.1) is 5.41 Å². The lowest BCUT2D eigenvalue weighted by Gasteiger charge is -2.06. The van der Waals surface area contributed by atoms with E-state index in [0.717, 1.165) is 16.6 Å². The molecule has 1 N–H and O–H groups in total. The maximum absolute atomic E-state index is 12.8. The Morgan fingerprint density at radius 1 is 0.821 bits per heavy atom. The van der Waals surface area contributed by atoms with Crippen LogP contribution in [-0.2, 0) is 13.1 Å². The number of ketones is 1. The Morgan fingerprint density at radius 3 is 2.14 bits per heavy atom. The number of para-hydroxylation sites is 2. The van der Waals surface area contributed by atoms with Crippen molar-refractivity contribution in [3.05, 3.63) is 99.6 Å². The molecule has 1 aromatic heterocycles. The molecule has 0 saturated heterocycles. The van der Waals surface area contributed by atoms with Gasteiger partial charge in [0.1, 0.15) is 0 Å². The third kappa shape index (κ3) is 3.49. The summed E-state index contributed by atoms with van der Waals surface area (Å²) in [6, 6.07) is 22.6. The van der Waals surface area contributed by atoms with E-state index in [4.69, 9.17) is 28.6 Å². The number of carbonyl (C=O) groups excluding carboxylic acids is 1. The van der Waals surface area contributed by atoms with Gasteiger partial charge in [0.05, 0.1) is 34.2 Å². The van der Waals surface area contributed by atoms with Crippen LogP contribution < -0.4 is 5.62 Å². The Hall–Kier alpha value is -2.82. The minimum atomic E-state index is -0.125. The number of imidazole rings is 1. The summed E-state index contributed by atoms with van der Waals surface area (Å²) < 4.78 is 3.63. The Labute approximate surface area is 172 Å². The van der Waals surface area contributed by atoms with Gasteiger partial charge in [-0.25, -0.2) is 0 Å². The highest BCUT2D eigenvalue weighted by molar-refractivity contribution is 6.42. The first-order valence-corrected chi connectivity index (χ1v) is 9.55. The standard InChI is InChI=1S/C22H17Cl2N3O/c23-17-11-10-16(12-18(17)24)21(28)14-27-20-9-5-4-8-19(20)26(22(27)25)13-15-6-2-1-3-7-15/h1-12,25H,13-14H2. The normalized spacial score (nSPS) is 11.1. The third-order valence-corrected chi connectivity index (χ3v) is 5.44. The van der Waals surface area contributed by atoms with Crippen LogP contribution in [0.4, 0.5) is 0 Å². The van der Waals surface area contributed by atoms with Crippen LogP contribution in [0.5, 0.6) is 0 Å². The fraction of sp³-hybridized carbons (Fsp3) is 0.0909. The number of halogens is 2. The highest BCUT2D eigenvalue weighted by atomic mass is 35.5. The first-order chi connectivity index (χ1) is 13.5. The Balaban J connectivity index is 1.75. The molecule has 0 aliphatic carbocycles. The lowest BCUT2D eigenvalue weighted by atomic mass is 10.1. The van der Waals surface area contributed by atoms with Crippen LogP contribution in [0.1, 0.15) is 15.9 Å². The molecular formula is C22H17Cl2N3O. The molecule has 0 aliphatic rings. The van der Waals surface area contributed by atoms with Gasteiger partial charge in [-0.15, -0.1) is 0 Å². The molecule has 0 bridgehead atoms. The van der Waals surface area contributed by atoms with Gasteiger partial charge in [0, 0.05) is 5.56 Å². The lowest BCUT2D eigenvalue weighted by molar-refractivity contribution is 0.0971. The zero-order valence-corrected chi connectivity index (χ0v) is 16.4.